The highest BCUT2D eigenvalue weighted by Gasteiger charge is 2.48. The van der Waals surface area contributed by atoms with Crippen molar-refractivity contribution in [2.75, 3.05) is 5.32 Å². The average molecular weight is 445 g/mol. The summed E-state index contributed by atoms with van der Waals surface area (Å²) >= 11 is 0.967. The minimum Gasteiger partial charge on any atom is -0.444 e. The maximum absolute atomic E-state index is 13.0. The van der Waals surface area contributed by atoms with Crippen molar-refractivity contribution < 1.29 is 31.1 Å². The van der Waals surface area contributed by atoms with Crippen molar-refractivity contribution in [2.45, 2.75) is 53.0 Å². The van der Waals surface area contributed by atoms with Gasteiger partial charge >= 0.3 is 11.6 Å². The second kappa shape index (κ2) is 7.24. The number of anilines is 1. The van der Waals surface area contributed by atoms with Gasteiger partial charge in [-0.05, 0) is 62.6 Å². The monoisotopic (exact) mass is 445 g/mol. The number of alkyl halides is 3. The number of nitrogens with one attached hydrogen (secondary N) is 1. The summed E-state index contributed by atoms with van der Waals surface area (Å²) in [7, 11) is -5.46. The molecule has 0 fully saturated rings. The molecule has 0 unspecified atom stereocenters. The van der Waals surface area contributed by atoms with E-state index in [9.17, 15) is 26.4 Å². The Morgan fingerprint density at radius 1 is 1.10 bits per heavy atom. The third kappa shape index (κ3) is 4.53. The van der Waals surface area contributed by atoms with Crippen molar-refractivity contribution in [2.24, 2.45) is 0 Å². The van der Waals surface area contributed by atoms with E-state index in [1.807, 2.05) is 0 Å². The third-order valence-electron chi connectivity index (χ3n) is 3.95. The Kier molecular flexibility index (Phi) is 5.37. The van der Waals surface area contributed by atoms with Gasteiger partial charge in [-0.2, -0.15) is 13.2 Å². The van der Waals surface area contributed by atoms with Gasteiger partial charge in [0.25, 0.3) is 9.84 Å². The summed E-state index contributed by atoms with van der Waals surface area (Å²) in [5.74, 6) is 0. The van der Waals surface area contributed by atoms with Crippen LogP contribution < -0.4 is 5.32 Å². The van der Waals surface area contributed by atoms with Crippen LogP contribution in [-0.2, 0) is 21.0 Å². The van der Waals surface area contributed by atoms with Gasteiger partial charge < -0.3 is 4.74 Å². The normalized spacial score (nSPS) is 14.0. The minimum absolute atomic E-state index is 0.0742. The van der Waals surface area contributed by atoms with Crippen LogP contribution in [0.15, 0.2) is 51.1 Å². The molecular weight excluding hydrogens is 427 g/mol. The molecule has 5 nitrogen and oxygen atoms in total. The van der Waals surface area contributed by atoms with Crippen molar-refractivity contribution in [3.63, 3.8) is 0 Å². The molecule has 0 atom stereocenters. The smallest absolute Gasteiger partial charge is 0.444 e. The molecule has 0 bridgehead atoms. The van der Waals surface area contributed by atoms with Crippen molar-refractivity contribution in [3.8, 4) is 0 Å². The number of hydrogen-bond acceptors (Lipinski definition) is 5. The first-order valence-corrected chi connectivity index (χ1v) is 10.8. The number of rotatable bonds is 2. The predicted octanol–water partition coefficient (Wildman–Crippen LogP) is 5.38. The molecule has 0 spiro atoms. The molecule has 2 aromatic carbocycles. The standard InChI is InChI=1S/C19H18F3NO4S2/c1-18(2,3)27-17(24)23-13-7-8-14-12(10-13)9-11-5-4-6-15(16(11)28-14)29(25,26)19(20,21)22/h4-8,10H,9H2,1-3H3,(H,23,24). The zero-order valence-electron chi connectivity index (χ0n) is 15.8. The summed E-state index contributed by atoms with van der Waals surface area (Å²) in [5.41, 5.74) is -4.32. The van der Waals surface area contributed by atoms with E-state index in [-0.39, 0.29) is 11.3 Å². The number of fused-ring (bicyclic) bond motifs is 2. The van der Waals surface area contributed by atoms with Crippen molar-refractivity contribution in [3.05, 3.63) is 47.5 Å². The SMILES string of the molecule is CC(C)(C)OC(=O)Nc1ccc2c(c1)Cc1cccc(S(=O)(=O)C(F)(F)F)c1S2. The first-order chi connectivity index (χ1) is 13.3. The summed E-state index contributed by atoms with van der Waals surface area (Å²) in [4.78, 5) is 11.9. The number of ether oxygens (including phenoxy) is 1. The zero-order valence-corrected chi connectivity index (χ0v) is 17.4. The van der Waals surface area contributed by atoms with E-state index in [0.717, 1.165) is 23.4 Å². The first-order valence-electron chi connectivity index (χ1n) is 8.52. The molecule has 1 aliphatic heterocycles. The second-order valence-electron chi connectivity index (χ2n) is 7.42. The highest BCUT2D eigenvalue weighted by molar-refractivity contribution is 8.00. The Morgan fingerprint density at radius 3 is 2.41 bits per heavy atom. The minimum atomic E-state index is -5.46. The van der Waals surface area contributed by atoms with Gasteiger partial charge in [-0.3, -0.25) is 5.32 Å². The lowest BCUT2D eigenvalue weighted by Gasteiger charge is -2.23. The average Bonchev–Trinajstić information content (AvgIpc) is 2.56. The molecule has 1 amide bonds. The number of carbonyl (C=O) groups excluding carboxylic acids is 1. The van der Waals surface area contributed by atoms with E-state index in [4.69, 9.17) is 4.74 Å². The number of halogens is 3. The number of sulfone groups is 1. The third-order valence-corrected chi connectivity index (χ3v) is 6.92. The van der Waals surface area contributed by atoms with E-state index in [2.05, 4.69) is 5.32 Å². The Bertz CT molecular complexity index is 1070. The van der Waals surface area contributed by atoms with Gasteiger partial charge in [0.05, 0.1) is 4.90 Å². The van der Waals surface area contributed by atoms with Gasteiger partial charge in [-0.1, -0.05) is 23.9 Å². The van der Waals surface area contributed by atoms with Gasteiger partial charge in [0.2, 0.25) is 0 Å². The summed E-state index contributed by atoms with van der Waals surface area (Å²) in [5, 5.41) is 2.61. The van der Waals surface area contributed by atoms with E-state index in [1.54, 1.807) is 45.0 Å². The number of amides is 1. The summed E-state index contributed by atoms with van der Waals surface area (Å²) in [6.45, 7) is 5.21. The molecule has 2 aromatic rings. The number of carbonyl (C=O) groups is 1. The Morgan fingerprint density at radius 2 is 1.79 bits per heavy atom. The summed E-state index contributed by atoms with van der Waals surface area (Å²) < 4.78 is 68.1. The molecule has 0 saturated heterocycles. The zero-order chi connectivity index (χ0) is 21.6. The molecule has 10 heteroatoms. The molecule has 0 saturated carbocycles. The molecular formula is C19H18F3NO4S2. The highest BCUT2D eigenvalue weighted by Crippen LogP contribution is 2.45. The molecule has 156 valence electrons. The summed E-state index contributed by atoms with van der Waals surface area (Å²) in [6, 6.07) is 8.77. The lowest BCUT2D eigenvalue weighted by atomic mass is 10.0. The van der Waals surface area contributed by atoms with Crippen LogP contribution in [0.25, 0.3) is 0 Å². The van der Waals surface area contributed by atoms with E-state index in [1.165, 1.54) is 6.07 Å². The maximum Gasteiger partial charge on any atom is 0.501 e. The molecule has 29 heavy (non-hydrogen) atoms. The van der Waals surface area contributed by atoms with Gasteiger partial charge in [0, 0.05) is 15.5 Å². The van der Waals surface area contributed by atoms with Crippen molar-refractivity contribution in [1.29, 1.82) is 0 Å². The Balaban J connectivity index is 1.91. The van der Waals surface area contributed by atoms with E-state index < -0.39 is 31.9 Å². The maximum atomic E-state index is 13.0. The van der Waals surface area contributed by atoms with E-state index in [0.29, 0.717) is 16.1 Å². The predicted molar refractivity (Wildman–Crippen MR) is 103 cm³/mol. The fraction of sp³-hybridized carbons (Fsp3) is 0.316. The van der Waals surface area contributed by atoms with Crippen LogP contribution in [0.1, 0.15) is 31.9 Å². The summed E-state index contributed by atoms with van der Waals surface area (Å²) in [6.07, 6.45) is -0.386. The number of hydrogen-bond donors (Lipinski definition) is 1. The fourth-order valence-corrected chi connectivity index (χ4v) is 5.18. The highest BCUT2D eigenvalue weighted by atomic mass is 32.2. The lowest BCUT2D eigenvalue weighted by molar-refractivity contribution is -0.0437. The van der Waals surface area contributed by atoms with Crippen LogP contribution in [0.4, 0.5) is 23.7 Å². The number of benzene rings is 2. The quantitative estimate of drug-likeness (QED) is 0.573. The molecule has 1 aliphatic rings. The Labute approximate surface area is 170 Å². The first kappa shape index (κ1) is 21.5. The topological polar surface area (TPSA) is 72.5 Å². The van der Waals surface area contributed by atoms with Crippen LogP contribution in [0.2, 0.25) is 0 Å². The fourth-order valence-electron chi connectivity index (χ4n) is 2.78. The van der Waals surface area contributed by atoms with Crippen molar-refractivity contribution in [1.82, 2.24) is 0 Å². The molecule has 0 aromatic heterocycles. The Hall–Kier alpha value is -2.20. The molecule has 1 heterocycles. The lowest BCUT2D eigenvalue weighted by Crippen LogP contribution is -2.27. The second-order valence-corrected chi connectivity index (χ2v) is 10.4. The van der Waals surface area contributed by atoms with Gasteiger partial charge in [0.15, 0.2) is 0 Å². The van der Waals surface area contributed by atoms with E-state index >= 15 is 0 Å². The van der Waals surface area contributed by atoms with Crippen LogP contribution in [-0.4, -0.2) is 25.6 Å². The molecule has 1 N–H and O–H groups in total. The van der Waals surface area contributed by atoms with Gasteiger partial charge in [-0.25, -0.2) is 13.2 Å². The van der Waals surface area contributed by atoms with Crippen molar-refractivity contribution >= 4 is 33.4 Å². The largest absolute Gasteiger partial charge is 0.501 e. The van der Waals surface area contributed by atoms with Crippen LogP contribution in [0.3, 0.4) is 0 Å². The van der Waals surface area contributed by atoms with Crippen LogP contribution in [0, 0.1) is 0 Å². The van der Waals surface area contributed by atoms with Crippen LogP contribution in [0.5, 0.6) is 0 Å². The molecule has 0 radical (unpaired) electrons. The molecule has 3 rings (SSSR count). The van der Waals surface area contributed by atoms with Gasteiger partial charge in [0.1, 0.15) is 5.60 Å². The molecule has 0 aliphatic carbocycles. The van der Waals surface area contributed by atoms with Gasteiger partial charge in [-0.15, -0.1) is 0 Å². The van der Waals surface area contributed by atoms with Crippen LogP contribution >= 0.6 is 11.8 Å².